The van der Waals surface area contributed by atoms with Gasteiger partial charge in [0, 0.05) is 23.6 Å². The maximum Gasteiger partial charge on any atom is 0.0642 e. The highest BCUT2D eigenvalue weighted by atomic mass is 15.0. The summed E-state index contributed by atoms with van der Waals surface area (Å²) in [5, 5.41) is 1.20. The highest BCUT2D eigenvalue weighted by molar-refractivity contribution is 5.84. The fraction of sp³-hybridized carbons (Fsp3) is 0.0909. The maximum atomic E-state index is 5.66. The van der Waals surface area contributed by atoms with E-state index in [2.05, 4.69) is 29.3 Å². The van der Waals surface area contributed by atoms with Gasteiger partial charge in [-0.05, 0) is 12.1 Å². The minimum Gasteiger partial charge on any atom is -0.398 e. The van der Waals surface area contributed by atoms with Gasteiger partial charge < -0.3 is 10.3 Å². The predicted molar refractivity (Wildman–Crippen MR) is 56.1 cm³/mol. The highest BCUT2D eigenvalue weighted by Gasteiger charge is 2.04. The molecule has 2 heteroatoms. The minimum absolute atomic E-state index is 0.610. The molecule has 0 saturated heterocycles. The molecule has 0 radical (unpaired) electrons. The molecule has 0 atom stereocenters. The number of fused-ring (bicyclic) bond motifs is 1. The monoisotopic (exact) mass is 172 g/mol. The number of aromatic nitrogens is 1. The van der Waals surface area contributed by atoms with Crippen LogP contribution in [0.15, 0.2) is 36.9 Å². The second-order valence-electron chi connectivity index (χ2n) is 3.17. The average Bonchev–Trinajstić information content (AvgIpc) is 2.45. The Morgan fingerprint density at radius 1 is 1.38 bits per heavy atom. The summed E-state index contributed by atoms with van der Waals surface area (Å²) in [6, 6.07) is 10.2. The molecule has 13 heavy (non-hydrogen) atoms. The third-order valence-electron chi connectivity index (χ3n) is 2.28. The molecule has 66 valence electrons. The Balaban J connectivity index is 2.81. The third kappa shape index (κ3) is 1.11. The lowest BCUT2D eigenvalue weighted by molar-refractivity contribution is 0.945. The fourth-order valence-corrected chi connectivity index (χ4v) is 1.60. The van der Waals surface area contributed by atoms with Crippen LogP contribution in [0.25, 0.3) is 16.6 Å². The SMILES string of the molecule is C=C(N)c1cc2ccccc2n1C. The second kappa shape index (κ2) is 2.66. The van der Waals surface area contributed by atoms with E-state index in [0.717, 1.165) is 5.69 Å². The van der Waals surface area contributed by atoms with Crippen LogP contribution >= 0.6 is 0 Å². The molecular weight excluding hydrogens is 160 g/mol. The van der Waals surface area contributed by atoms with Gasteiger partial charge in [-0.2, -0.15) is 0 Å². The van der Waals surface area contributed by atoms with Crippen LogP contribution in [0.4, 0.5) is 0 Å². The van der Waals surface area contributed by atoms with Crippen LogP contribution in [0.2, 0.25) is 0 Å². The molecule has 2 N–H and O–H groups in total. The van der Waals surface area contributed by atoms with Crippen molar-refractivity contribution in [1.82, 2.24) is 4.57 Å². The highest BCUT2D eigenvalue weighted by Crippen LogP contribution is 2.20. The normalized spacial score (nSPS) is 10.5. The Morgan fingerprint density at radius 2 is 2.08 bits per heavy atom. The smallest absolute Gasteiger partial charge is 0.0642 e. The summed E-state index contributed by atoms with van der Waals surface area (Å²) in [7, 11) is 2.00. The Kier molecular flexibility index (Phi) is 1.62. The van der Waals surface area contributed by atoms with Crippen molar-refractivity contribution < 1.29 is 0 Å². The molecule has 0 aliphatic carbocycles. The van der Waals surface area contributed by atoms with Gasteiger partial charge in [-0.25, -0.2) is 0 Å². The van der Waals surface area contributed by atoms with Crippen LogP contribution in [0, 0.1) is 0 Å². The van der Waals surface area contributed by atoms with E-state index in [1.807, 2.05) is 19.2 Å². The van der Waals surface area contributed by atoms with E-state index in [1.54, 1.807) is 0 Å². The largest absolute Gasteiger partial charge is 0.398 e. The van der Waals surface area contributed by atoms with Crippen LogP contribution in [0.3, 0.4) is 0 Å². The van der Waals surface area contributed by atoms with Gasteiger partial charge in [-0.1, -0.05) is 24.8 Å². The quantitative estimate of drug-likeness (QED) is 0.701. The first-order valence-corrected chi connectivity index (χ1v) is 4.19. The third-order valence-corrected chi connectivity index (χ3v) is 2.28. The number of hydrogen-bond acceptors (Lipinski definition) is 1. The molecule has 0 spiro atoms. The molecule has 2 nitrogen and oxygen atoms in total. The molecule has 0 fully saturated rings. The number of nitrogens with two attached hydrogens (primary N) is 1. The fourth-order valence-electron chi connectivity index (χ4n) is 1.60. The summed E-state index contributed by atoms with van der Waals surface area (Å²) >= 11 is 0. The van der Waals surface area contributed by atoms with Crippen molar-refractivity contribution in [3.8, 4) is 0 Å². The molecule has 0 bridgehead atoms. The lowest BCUT2D eigenvalue weighted by atomic mass is 10.2. The molecule has 2 rings (SSSR count). The van der Waals surface area contributed by atoms with Gasteiger partial charge in [0.25, 0.3) is 0 Å². The second-order valence-corrected chi connectivity index (χ2v) is 3.17. The van der Waals surface area contributed by atoms with Gasteiger partial charge in [0.15, 0.2) is 0 Å². The van der Waals surface area contributed by atoms with Crippen LogP contribution < -0.4 is 5.73 Å². The van der Waals surface area contributed by atoms with Gasteiger partial charge in [-0.15, -0.1) is 0 Å². The van der Waals surface area contributed by atoms with E-state index in [1.165, 1.54) is 10.9 Å². The standard InChI is InChI=1S/C11H12N2/c1-8(12)11-7-9-5-3-4-6-10(9)13(11)2/h3-7H,1,12H2,2H3. The Hall–Kier alpha value is -1.70. The number of aryl methyl sites for hydroxylation is 1. The summed E-state index contributed by atoms with van der Waals surface area (Å²) in [5.41, 5.74) is 8.44. The number of nitrogens with zero attached hydrogens (tertiary/aromatic N) is 1. The molecule has 0 amide bonds. The Labute approximate surface area is 77.3 Å². The van der Waals surface area contributed by atoms with Gasteiger partial charge in [-0.3, -0.25) is 0 Å². The van der Waals surface area contributed by atoms with Crippen LogP contribution in [-0.2, 0) is 7.05 Å². The van der Waals surface area contributed by atoms with Gasteiger partial charge in [0.1, 0.15) is 0 Å². The molecule has 1 heterocycles. The predicted octanol–water partition coefficient (Wildman–Crippen LogP) is 2.11. The average molecular weight is 172 g/mol. The van der Waals surface area contributed by atoms with E-state index in [9.17, 15) is 0 Å². The number of hydrogen-bond donors (Lipinski definition) is 1. The van der Waals surface area contributed by atoms with Crippen molar-refractivity contribution in [3.05, 3.63) is 42.6 Å². The molecule has 0 aliphatic heterocycles. The molecule has 0 saturated carbocycles. The molecule has 1 aromatic carbocycles. The molecule has 1 aromatic heterocycles. The molecule has 2 aromatic rings. The lowest BCUT2D eigenvalue weighted by Gasteiger charge is -2.01. The van der Waals surface area contributed by atoms with E-state index < -0.39 is 0 Å². The minimum atomic E-state index is 0.610. The first-order valence-electron chi connectivity index (χ1n) is 4.19. The zero-order chi connectivity index (χ0) is 9.42. The molecular formula is C11H12N2. The van der Waals surface area contributed by atoms with E-state index in [4.69, 9.17) is 5.73 Å². The Morgan fingerprint density at radius 3 is 2.69 bits per heavy atom. The van der Waals surface area contributed by atoms with Crippen molar-refractivity contribution in [1.29, 1.82) is 0 Å². The zero-order valence-electron chi connectivity index (χ0n) is 7.62. The summed E-state index contributed by atoms with van der Waals surface area (Å²) in [4.78, 5) is 0. The van der Waals surface area contributed by atoms with Gasteiger partial charge >= 0.3 is 0 Å². The van der Waals surface area contributed by atoms with Crippen molar-refractivity contribution in [2.45, 2.75) is 0 Å². The van der Waals surface area contributed by atoms with Crippen molar-refractivity contribution in [2.24, 2.45) is 12.8 Å². The Bertz CT molecular complexity index is 466. The van der Waals surface area contributed by atoms with Crippen LogP contribution in [0.5, 0.6) is 0 Å². The number of benzene rings is 1. The van der Waals surface area contributed by atoms with Crippen LogP contribution in [-0.4, -0.2) is 4.57 Å². The summed E-state index contributed by atoms with van der Waals surface area (Å²) in [5.74, 6) is 0. The topological polar surface area (TPSA) is 30.9 Å². The summed E-state index contributed by atoms with van der Waals surface area (Å²) < 4.78 is 2.05. The lowest BCUT2D eigenvalue weighted by Crippen LogP contribution is -2.00. The zero-order valence-corrected chi connectivity index (χ0v) is 7.62. The van der Waals surface area contributed by atoms with Gasteiger partial charge in [0.2, 0.25) is 0 Å². The summed E-state index contributed by atoms with van der Waals surface area (Å²) in [6.45, 7) is 3.74. The number of para-hydroxylation sites is 1. The molecule has 0 unspecified atom stereocenters. The van der Waals surface area contributed by atoms with Gasteiger partial charge in [0.05, 0.1) is 5.69 Å². The van der Waals surface area contributed by atoms with Crippen molar-refractivity contribution >= 4 is 16.6 Å². The first kappa shape index (κ1) is 7.92. The maximum absolute atomic E-state index is 5.66. The number of rotatable bonds is 1. The molecule has 0 aliphatic rings. The summed E-state index contributed by atoms with van der Waals surface area (Å²) in [6.07, 6.45) is 0. The van der Waals surface area contributed by atoms with E-state index in [0.29, 0.717) is 5.70 Å². The van der Waals surface area contributed by atoms with Crippen molar-refractivity contribution in [2.75, 3.05) is 0 Å². The van der Waals surface area contributed by atoms with E-state index >= 15 is 0 Å². The van der Waals surface area contributed by atoms with Crippen LogP contribution in [0.1, 0.15) is 5.69 Å². The van der Waals surface area contributed by atoms with Crippen molar-refractivity contribution in [3.63, 3.8) is 0 Å². The van der Waals surface area contributed by atoms with E-state index in [-0.39, 0.29) is 0 Å². The first-order chi connectivity index (χ1) is 6.20.